The van der Waals surface area contributed by atoms with Gasteiger partial charge >= 0.3 is 0 Å². The van der Waals surface area contributed by atoms with Crippen LogP contribution < -0.4 is 0 Å². The van der Waals surface area contributed by atoms with E-state index < -0.39 is 0 Å². The van der Waals surface area contributed by atoms with Crippen molar-refractivity contribution in [2.24, 2.45) is 11.3 Å². The number of unbranched alkanes of at least 4 members (excludes halogenated alkanes) is 11. The Morgan fingerprint density at radius 3 is 1.52 bits per heavy atom. The van der Waals surface area contributed by atoms with Gasteiger partial charge in [-0.05, 0) is 12.3 Å². The van der Waals surface area contributed by atoms with Gasteiger partial charge in [-0.25, -0.2) is 0 Å². The summed E-state index contributed by atoms with van der Waals surface area (Å²) in [5, 5.41) is 0. The van der Waals surface area contributed by atoms with Gasteiger partial charge in [0.2, 0.25) is 0 Å². The maximum absolute atomic E-state index is 12.2. The fourth-order valence-electron chi connectivity index (χ4n) is 3.19. The minimum absolute atomic E-state index is 0.108. The molecule has 0 heterocycles. The molecule has 23 heavy (non-hydrogen) atoms. The number of hydrogen-bond acceptors (Lipinski definition) is 1. The lowest BCUT2D eigenvalue weighted by atomic mass is 9.79. The summed E-state index contributed by atoms with van der Waals surface area (Å²) < 4.78 is 0. The molecule has 0 aliphatic heterocycles. The summed E-state index contributed by atoms with van der Waals surface area (Å²) in [4.78, 5) is 12.2. The van der Waals surface area contributed by atoms with Crippen molar-refractivity contribution in [3.8, 4) is 0 Å². The Hall–Kier alpha value is -0.330. The highest BCUT2D eigenvalue weighted by molar-refractivity contribution is 5.84. The van der Waals surface area contributed by atoms with Crippen LogP contribution in [0, 0.1) is 11.3 Å². The van der Waals surface area contributed by atoms with Crippen molar-refractivity contribution in [3.05, 3.63) is 0 Å². The highest BCUT2D eigenvalue weighted by Crippen LogP contribution is 2.28. The average molecular weight is 325 g/mol. The monoisotopic (exact) mass is 324 g/mol. The van der Waals surface area contributed by atoms with E-state index in [4.69, 9.17) is 0 Å². The van der Waals surface area contributed by atoms with Crippen LogP contribution in [0.4, 0.5) is 0 Å². The minimum atomic E-state index is -0.108. The molecule has 138 valence electrons. The second-order valence-corrected chi connectivity index (χ2v) is 8.54. The van der Waals surface area contributed by atoms with Crippen LogP contribution in [-0.4, -0.2) is 5.78 Å². The molecule has 0 amide bonds. The molecule has 0 saturated heterocycles. The summed E-state index contributed by atoms with van der Waals surface area (Å²) in [7, 11) is 0. The predicted octanol–water partition coefficient (Wildman–Crippen LogP) is 7.72. The largest absolute Gasteiger partial charge is 0.299 e. The van der Waals surface area contributed by atoms with Gasteiger partial charge in [0.25, 0.3) is 0 Å². The van der Waals surface area contributed by atoms with Gasteiger partial charge < -0.3 is 0 Å². The standard InChI is InChI=1S/C22H44O/c1-6-7-8-9-10-11-12-13-14-15-16-17-18-22(4,5)21(23)19-20(2)3/h20H,6-19H2,1-5H3. The van der Waals surface area contributed by atoms with Crippen LogP contribution in [-0.2, 0) is 4.79 Å². The lowest BCUT2D eigenvalue weighted by Gasteiger charge is -2.24. The number of rotatable bonds is 16. The van der Waals surface area contributed by atoms with E-state index in [9.17, 15) is 4.79 Å². The molecule has 0 bridgehead atoms. The van der Waals surface area contributed by atoms with Crippen molar-refractivity contribution in [2.75, 3.05) is 0 Å². The lowest BCUT2D eigenvalue weighted by molar-refractivity contribution is -0.128. The van der Waals surface area contributed by atoms with E-state index >= 15 is 0 Å². The van der Waals surface area contributed by atoms with Crippen LogP contribution in [0.5, 0.6) is 0 Å². The molecule has 0 aromatic rings. The Morgan fingerprint density at radius 2 is 1.13 bits per heavy atom. The fourth-order valence-corrected chi connectivity index (χ4v) is 3.19. The van der Waals surface area contributed by atoms with E-state index in [0.29, 0.717) is 11.7 Å². The molecular weight excluding hydrogens is 280 g/mol. The van der Waals surface area contributed by atoms with E-state index in [-0.39, 0.29) is 5.41 Å². The zero-order valence-electron chi connectivity index (χ0n) is 16.9. The molecule has 0 spiro atoms. The topological polar surface area (TPSA) is 17.1 Å². The first-order valence-electron chi connectivity index (χ1n) is 10.4. The highest BCUT2D eigenvalue weighted by Gasteiger charge is 2.26. The SMILES string of the molecule is CCCCCCCCCCCCCCC(C)(C)C(=O)CC(C)C. The third-order valence-electron chi connectivity index (χ3n) is 5.00. The van der Waals surface area contributed by atoms with E-state index in [2.05, 4.69) is 34.6 Å². The van der Waals surface area contributed by atoms with Gasteiger partial charge in [0.05, 0.1) is 0 Å². The minimum Gasteiger partial charge on any atom is -0.299 e. The maximum Gasteiger partial charge on any atom is 0.138 e. The molecule has 0 aromatic carbocycles. The Labute approximate surface area is 147 Å². The van der Waals surface area contributed by atoms with Gasteiger partial charge in [-0.1, -0.05) is 112 Å². The zero-order chi connectivity index (χ0) is 17.6. The molecule has 1 heteroatoms. The Bertz CT molecular complexity index is 278. The van der Waals surface area contributed by atoms with Gasteiger partial charge in [0.15, 0.2) is 0 Å². The third-order valence-corrected chi connectivity index (χ3v) is 5.00. The van der Waals surface area contributed by atoms with Gasteiger partial charge in [0.1, 0.15) is 5.78 Å². The Kier molecular flexibility index (Phi) is 13.8. The molecule has 0 aliphatic rings. The number of hydrogen-bond donors (Lipinski definition) is 0. The normalized spacial score (nSPS) is 12.1. The molecule has 0 fully saturated rings. The highest BCUT2D eigenvalue weighted by atomic mass is 16.1. The molecule has 0 saturated carbocycles. The molecular formula is C22H44O. The van der Waals surface area contributed by atoms with Gasteiger partial charge in [-0.2, -0.15) is 0 Å². The van der Waals surface area contributed by atoms with Crippen molar-refractivity contribution in [3.63, 3.8) is 0 Å². The first-order chi connectivity index (χ1) is 10.9. The molecule has 1 nitrogen and oxygen atoms in total. The lowest BCUT2D eigenvalue weighted by Crippen LogP contribution is -2.25. The van der Waals surface area contributed by atoms with Crippen molar-refractivity contribution < 1.29 is 4.79 Å². The van der Waals surface area contributed by atoms with Crippen LogP contribution >= 0.6 is 0 Å². The van der Waals surface area contributed by atoms with Crippen molar-refractivity contribution in [2.45, 2.75) is 125 Å². The predicted molar refractivity (Wildman–Crippen MR) is 104 cm³/mol. The fraction of sp³-hybridized carbons (Fsp3) is 0.955. The second kappa shape index (κ2) is 14.1. The quantitative estimate of drug-likeness (QED) is 0.266. The van der Waals surface area contributed by atoms with Gasteiger partial charge in [0, 0.05) is 11.8 Å². The maximum atomic E-state index is 12.2. The van der Waals surface area contributed by atoms with Crippen molar-refractivity contribution in [1.29, 1.82) is 0 Å². The summed E-state index contributed by atoms with van der Waals surface area (Å²) in [6, 6.07) is 0. The number of Topliss-reactive ketones (excluding diaryl/α,β-unsaturated/α-hetero) is 1. The van der Waals surface area contributed by atoms with E-state index in [0.717, 1.165) is 12.8 Å². The van der Waals surface area contributed by atoms with Crippen LogP contribution in [0.3, 0.4) is 0 Å². The molecule has 0 N–H and O–H groups in total. The van der Waals surface area contributed by atoms with Crippen LogP contribution in [0.2, 0.25) is 0 Å². The summed E-state index contributed by atoms with van der Waals surface area (Å²) in [6.07, 6.45) is 18.4. The van der Waals surface area contributed by atoms with Gasteiger partial charge in [-0.3, -0.25) is 4.79 Å². The first-order valence-corrected chi connectivity index (χ1v) is 10.4. The van der Waals surface area contributed by atoms with E-state index in [1.54, 1.807) is 0 Å². The second-order valence-electron chi connectivity index (χ2n) is 8.54. The van der Waals surface area contributed by atoms with E-state index in [1.165, 1.54) is 77.0 Å². The van der Waals surface area contributed by atoms with Gasteiger partial charge in [-0.15, -0.1) is 0 Å². The average Bonchev–Trinajstić information content (AvgIpc) is 2.47. The number of carbonyl (C=O) groups excluding carboxylic acids is 1. The summed E-state index contributed by atoms with van der Waals surface area (Å²) in [5.74, 6) is 0.944. The smallest absolute Gasteiger partial charge is 0.138 e. The van der Waals surface area contributed by atoms with Crippen molar-refractivity contribution >= 4 is 5.78 Å². The first kappa shape index (κ1) is 22.7. The number of carbonyl (C=O) groups is 1. The third kappa shape index (κ3) is 13.8. The molecule has 0 radical (unpaired) electrons. The molecule has 0 aliphatic carbocycles. The molecule has 0 unspecified atom stereocenters. The number of ketones is 1. The Morgan fingerprint density at radius 1 is 0.739 bits per heavy atom. The molecule has 0 atom stereocenters. The summed E-state index contributed by atoms with van der Waals surface area (Å²) in [5.41, 5.74) is -0.108. The van der Waals surface area contributed by atoms with Crippen LogP contribution in [0.15, 0.2) is 0 Å². The van der Waals surface area contributed by atoms with Crippen LogP contribution in [0.1, 0.15) is 125 Å². The summed E-state index contributed by atoms with van der Waals surface area (Å²) >= 11 is 0. The zero-order valence-corrected chi connectivity index (χ0v) is 16.9. The van der Waals surface area contributed by atoms with Crippen molar-refractivity contribution in [1.82, 2.24) is 0 Å². The van der Waals surface area contributed by atoms with E-state index in [1.807, 2.05) is 0 Å². The summed E-state index contributed by atoms with van der Waals surface area (Å²) in [6.45, 7) is 10.8. The molecule has 0 aromatic heterocycles. The molecule has 0 rings (SSSR count). The Balaban J connectivity index is 3.43. The van der Waals surface area contributed by atoms with Crippen LogP contribution in [0.25, 0.3) is 0 Å².